The second-order valence-electron chi connectivity index (χ2n) is 4.88. The minimum atomic E-state index is -0.0619. The number of carbonyl (C=O) groups excluding carboxylic acids is 1. The maximum absolute atomic E-state index is 10.9. The van der Waals surface area contributed by atoms with Gasteiger partial charge in [-0.2, -0.15) is 0 Å². The van der Waals surface area contributed by atoms with Crippen molar-refractivity contribution >= 4 is 5.91 Å². The third-order valence-electron chi connectivity index (χ3n) is 2.98. The largest absolute Gasteiger partial charge is 0.303 e. The first-order chi connectivity index (χ1) is 7.11. The number of piperidine rings is 1. The Labute approximate surface area is 92.2 Å². The number of rotatable bonds is 4. The van der Waals surface area contributed by atoms with Crippen molar-refractivity contribution in [2.45, 2.75) is 33.1 Å². The molecular formula is C11H23N3O. The molecule has 0 aliphatic carbocycles. The van der Waals surface area contributed by atoms with E-state index < -0.39 is 0 Å². The molecule has 3 N–H and O–H groups in total. The van der Waals surface area contributed by atoms with Crippen molar-refractivity contribution < 1.29 is 4.79 Å². The third kappa shape index (κ3) is 4.62. The summed E-state index contributed by atoms with van der Waals surface area (Å²) in [5, 5.41) is 0. The van der Waals surface area contributed by atoms with Gasteiger partial charge in [0, 0.05) is 19.5 Å². The maximum atomic E-state index is 10.9. The zero-order valence-corrected chi connectivity index (χ0v) is 9.83. The van der Waals surface area contributed by atoms with Crippen molar-refractivity contribution in [3.8, 4) is 0 Å². The third-order valence-corrected chi connectivity index (χ3v) is 2.98. The summed E-state index contributed by atoms with van der Waals surface area (Å²) in [6.45, 7) is 7.97. The SMILES string of the molecule is C[C@H]1C[C@H](C)CN(CCCC(=O)NN)C1. The van der Waals surface area contributed by atoms with Gasteiger partial charge >= 0.3 is 0 Å². The molecule has 0 spiro atoms. The summed E-state index contributed by atoms with van der Waals surface area (Å²) in [5.41, 5.74) is 2.16. The number of amides is 1. The van der Waals surface area contributed by atoms with Crippen LogP contribution in [0.15, 0.2) is 0 Å². The van der Waals surface area contributed by atoms with Crippen LogP contribution < -0.4 is 11.3 Å². The van der Waals surface area contributed by atoms with Crippen LogP contribution in [0.1, 0.15) is 33.1 Å². The van der Waals surface area contributed by atoms with E-state index in [-0.39, 0.29) is 5.91 Å². The topological polar surface area (TPSA) is 58.4 Å². The van der Waals surface area contributed by atoms with E-state index >= 15 is 0 Å². The molecule has 1 amide bonds. The molecule has 0 saturated carbocycles. The monoisotopic (exact) mass is 213 g/mol. The van der Waals surface area contributed by atoms with Crippen molar-refractivity contribution in [1.82, 2.24) is 10.3 Å². The molecule has 4 heteroatoms. The Balaban J connectivity index is 2.17. The van der Waals surface area contributed by atoms with E-state index in [1.54, 1.807) is 0 Å². The Morgan fingerprint density at radius 2 is 2.00 bits per heavy atom. The average molecular weight is 213 g/mol. The molecule has 0 aromatic carbocycles. The predicted octanol–water partition coefficient (Wildman–Crippen LogP) is 0.734. The summed E-state index contributed by atoms with van der Waals surface area (Å²) in [4.78, 5) is 13.4. The highest BCUT2D eigenvalue weighted by atomic mass is 16.2. The van der Waals surface area contributed by atoms with Crippen molar-refractivity contribution in [3.63, 3.8) is 0 Å². The number of carbonyl (C=O) groups is 1. The Hall–Kier alpha value is -0.610. The van der Waals surface area contributed by atoms with E-state index in [0.717, 1.165) is 24.8 Å². The smallest absolute Gasteiger partial charge is 0.233 e. The first kappa shape index (κ1) is 12.5. The summed E-state index contributed by atoms with van der Waals surface area (Å²) in [7, 11) is 0. The molecule has 0 aromatic heterocycles. The van der Waals surface area contributed by atoms with E-state index in [2.05, 4.69) is 24.2 Å². The van der Waals surface area contributed by atoms with E-state index in [9.17, 15) is 4.79 Å². The number of likely N-dealkylation sites (tertiary alicyclic amines) is 1. The molecule has 1 aliphatic rings. The summed E-state index contributed by atoms with van der Waals surface area (Å²) in [5.74, 6) is 6.54. The minimum absolute atomic E-state index is 0.0619. The first-order valence-corrected chi connectivity index (χ1v) is 5.83. The quantitative estimate of drug-likeness (QED) is 0.411. The standard InChI is InChI=1S/C11H23N3O/c1-9-6-10(2)8-14(7-9)5-3-4-11(15)13-12/h9-10H,3-8,12H2,1-2H3,(H,13,15)/t9-,10-/m0/s1. The van der Waals surface area contributed by atoms with Crippen molar-refractivity contribution in [2.24, 2.45) is 17.7 Å². The maximum Gasteiger partial charge on any atom is 0.233 e. The van der Waals surface area contributed by atoms with Crippen LogP contribution >= 0.6 is 0 Å². The summed E-state index contributed by atoms with van der Waals surface area (Å²) >= 11 is 0. The van der Waals surface area contributed by atoms with Crippen LogP contribution in [0.5, 0.6) is 0 Å². The first-order valence-electron chi connectivity index (χ1n) is 5.83. The summed E-state index contributed by atoms with van der Waals surface area (Å²) in [6.07, 6.45) is 2.78. The molecule has 15 heavy (non-hydrogen) atoms. The Kier molecular flexibility index (Phi) is 5.05. The van der Waals surface area contributed by atoms with Gasteiger partial charge in [0.15, 0.2) is 0 Å². The number of hydrogen-bond acceptors (Lipinski definition) is 3. The van der Waals surface area contributed by atoms with Crippen LogP contribution in [-0.2, 0) is 4.79 Å². The van der Waals surface area contributed by atoms with Gasteiger partial charge in [-0.25, -0.2) is 5.84 Å². The lowest BCUT2D eigenvalue weighted by Gasteiger charge is -2.34. The second kappa shape index (κ2) is 6.08. The Bertz CT molecular complexity index is 198. The molecule has 2 atom stereocenters. The van der Waals surface area contributed by atoms with Crippen molar-refractivity contribution in [2.75, 3.05) is 19.6 Å². The van der Waals surface area contributed by atoms with E-state index in [4.69, 9.17) is 5.84 Å². The molecule has 1 rings (SSSR count). The minimum Gasteiger partial charge on any atom is -0.303 e. The molecular weight excluding hydrogens is 190 g/mol. The van der Waals surface area contributed by atoms with Crippen LogP contribution in [-0.4, -0.2) is 30.4 Å². The van der Waals surface area contributed by atoms with Gasteiger partial charge in [-0.1, -0.05) is 13.8 Å². The lowest BCUT2D eigenvalue weighted by atomic mass is 9.92. The van der Waals surface area contributed by atoms with Gasteiger partial charge in [0.25, 0.3) is 0 Å². The zero-order chi connectivity index (χ0) is 11.3. The number of hydrazine groups is 1. The normalized spacial score (nSPS) is 27.7. The fourth-order valence-electron chi connectivity index (χ4n) is 2.51. The second-order valence-corrected chi connectivity index (χ2v) is 4.88. The fraction of sp³-hybridized carbons (Fsp3) is 0.909. The lowest BCUT2D eigenvalue weighted by Crippen LogP contribution is -2.39. The van der Waals surface area contributed by atoms with Gasteiger partial charge in [0.1, 0.15) is 0 Å². The number of nitrogens with zero attached hydrogens (tertiary/aromatic N) is 1. The lowest BCUT2D eigenvalue weighted by molar-refractivity contribution is -0.121. The number of hydrogen-bond donors (Lipinski definition) is 2. The molecule has 1 saturated heterocycles. The summed E-state index contributed by atoms with van der Waals surface area (Å²) < 4.78 is 0. The van der Waals surface area contributed by atoms with Crippen LogP contribution in [0.4, 0.5) is 0 Å². The van der Waals surface area contributed by atoms with Crippen LogP contribution in [0, 0.1) is 11.8 Å². The van der Waals surface area contributed by atoms with Gasteiger partial charge in [0.05, 0.1) is 0 Å². The highest BCUT2D eigenvalue weighted by Gasteiger charge is 2.21. The van der Waals surface area contributed by atoms with Gasteiger partial charge in [-0.15, -0.1) is 0 Å². The molecule has 4 nitrogen and oxygen atoms in total. The molecule has 88 valence electrons. The number of nitrogens with one attached hydrogen (secondary N) is 1. The van der Waals surface area contributed by atoms with Crippen LogP contribution in [0.2, 0.25) is 0 Å². The summed E-state index contributed by atoms with van der Waals surface area (Å²) in [6, 6.07) is 0. The molecule has 0 radical (unpaired) electrons. The zero-order valence-electron chi connectivity index (χ0n) is 9.83. The van der Waals surface area contributed by atoms with Gasteiger partial charge in [-0.3, -0.25) is 10.2 Å². The van der Waals surface area contributed by atoms with Gasteiger partial charge in [-0.05, 0) is 31.2 Å². The molecule has 1 heterocycles. The van der Waals surface area contributed by atoms with E-state index in [1.807, 2.05) is 0 Å². The Morgan fingerprint density at radius 1 is 1.40 bits per heavy atom. The molecule has 1 aliphatic heterocycles. The molecule has 0 unspecified atom stereocenters. The fourth-order valence-corrected chi connectivity index (χ4v) is 2.51. The molecule has 0 aromatic rings. The number of nitrogens with two attached hydrogens (primary N) is 1. The predicted molar refractivity (Wildman–Crippen MR) is 60.9 cm³/mol. The van der Waals surface area contributed by atoms with Crippen molar-refractivity contribution in [3.05, 3.63) is 0 Å². The Morgan fingerprint density at radius 3 is 2.53 bits per heavy atom. The van der Waals surface area contributed by atoms with E-state index in [1.165, 1.54) is 19.5 Å². The highest BCUT2D eigenvalue weighted by molar-refractivity contribution is 5.75. The van der Waals surface area contributed by atoms with Crippen LogP contribution in [0.3, 0.4) is 0 Å². The van der Waals surface area contributed by atoms with Gasteiger partial charge < -0.3 is 4.90 Å². The van der Waals surface area contributed by atoms with Crippen molar-refractivity contribution in [1.29, 1.82) is 0 Å². The highest BCUT2D eigenvalue weighted by Crippen LogP contribution is 2.20. The molecule has 0 bridgehead atoms. The van der Waals surface area contributed by atoms with Gasteiger partial charge in [0.2, 0.25) is 5.91 Å². The van der Waals surface area contributed by atoms with E-state index in [0.29, 0.717) is 6.42 Å². The van der Waals surface area contributed by atoms with Crippen LogP contribution in [0.25, 0.3) is 0 Å². The molecule has 1 fully saturated rings. The average Bonchev–Trinajstić information content (AvgIpc) is 2.16.